The van der Waals surface area contributed by atoms with Gasteiger partial charge in [0.2, 0.25) is 0 Å². The van der Waals surface area contributed by atoms with Gasteiger partial charge in [0.05, 0.1) is 28.3 Å². The zero-order valence-corrected chi connectivity index (χ0v) is 27.2. The molecule has 0 saturated carbocycles. The van der Waals surface area contributed by atoms with Crippen molar-refractivity contribution in [1.29, 1.82) is 0 Å². The number of rotatable bonds is 6. The number of benzene rings is 3. The van der Waals surface area contributed by atoms with Crippen molar-refractivity contribution in [2.24, 2.45) is 0 Å². The van der Waals surface area contributed by atoms with E-state index < -0.39 is 29.5 Å². The summed E-state index contributed by atoms with van der Waals surface area (Å²) in [5.41, 5.74) is 0.307. The van der Waals surface area contributed by atoms with Crippen molar-refractivity contribution in [2.45, 2.75) is 13.0 Å². The van der Waals surface area contributed by atoms with E-state index in [1.807, 2.05) is 0 Å². The van der Waals surface area contributed by atoms with Gasteiger partial charge < -0.3 is 4.74 Å². The first-order valence-corrected chi connectivity index (χ1v) is 14.5. The van der Waals surface area contributed by atoms with Gasteiger partial charge >= 0.3 is 0 Å². The molecule has 38 heavy (non-hydrogen) atoms. The van der Waals surface area contributed by atoms with E-state index in [0.717, 1.165) is 5.01 Å². The number of ether oxygens (including phenoxy) is 1. The van der Waals surface area contributed by atoms with Gasteiger partial charge in [0, 0.05) is 29.0 Å². The number of fused-ring (bicyclic) bond motifs is 1. The predicted molar refractivity (Wildman–Crippen MR) is 157 cm³/mol. The number of hydrogen-bond acceptors (Lipinski definition) is 5. The minimum Gasteiger partial charge on any atom is -0.497 e. The van der Waals surface area contributed by atoms with Crippen LogP contribution in [0.3, 0.4) is 0 Å². The minimum atomic E-state index is -1.28. The molecule has 0 aliphatic carbocycles. The number of methoxy groups -OCH3 is 1. The van der Waals surface area contributed by atoms with Gasteiger partial charge in [0.1, 0.15) is 11.8 Å². The van der Waals surface area contributed by atoms with Crippen LogP contribution in [0, 0.1) is 0 Å². The van der Waals surface area contributed by atoms with E-state index in [-0.39, 0.29) is 32.3 Å². The molecule has 0 spiro atoms. The van der Waals surface area contributed by atoms with Crippen LogP contribution >= 0.6 is 86.9 Å². The van der Waals surface area contributed by atoms with E-state index in [1.54, 1.807) is 12.1 Å². The Morgan fingerprint density at radius 1 is 0.816 bits per heavy atom. The molecule has 1 atom stereocenters. The molecule has 1 aliphatic heterocycles. The normalized spacial score (nSPS) is 13.4. The summed E-state index contributed by atoms with van der Waals surface area (Å²) in [7, 11) is 1.49. The monoisotopic (exact) mass is 808 g/mol. The van der Waals surface area contributed by atoms with Gasteiger partial charge in [-0.2, -0.15) is 5.01 Å². The van der Waals surface area contributed by atoms with E-state index in [9.17, 15) is 19.2 Å². The van der Waals surface area contributed by atoms with E-state index in [0.29, 0.717) is 28.6 Å². The van der Waals surface area contributed by atoms with Gasteiger partial charge in [-0.15, -0.1) is 0 Å². The maximum absolute atomic E-state index is 13.9. The molecule has 0 saturated heterocycles. The van der Waals surface area contributed by atoms with Crippen LogP contribution in [-0.4, -0.2) is 46.7 Å². The summed E-state index contributed by atoms with van der Waals surface area (Å²) < 4.78 is 6.72. The third kappa shape index (κ3) is 4.97. The second-order valence-electron chi connectivity index (χ2n) is 7.98. The number of nitrogens with zero attached hydrogens (tertiary/aromatic N) is 2. The maximum atomic E-state index is 13.9. The summed E-state index contributed by atoms with van der Waals surface area (Å²) in [6.45, 7) is 1.43. The standard InChI is InChI=1S/C25H14Br4Cl2N2O5/c1-10(22(34)11-3-6-13(38-2)7-4-11)32(23(35)12-5-8-14(30)15(31)9-12)33-24(36)16-17(25(33)37)19(27)21(29)20(28)18(16)26/h3-10H,1-2H3/t10-/m0/s1. The predicted octanol–water partition coefficient (Wildman–Crippen LogP) is 7.98. The number of hydrazine groups is 1. The maximum Gasteiger partial charge on any atom is 0.282 e. The Kier molecular flexibility index (Phi) is 8.76. The van der Waals surface area contributed by atoms with Crippen LogP contribution in [-0.2, 0) is 0 Å². The number of amides is 3. The lowest BCUT2D eigenvalue weighted by molar-refractivity contribution is -0.00685. The van der Waals surface area contributed by atoms with Crippen molar-refractivity contribution < 1.29 is 23.9 Å². The van der Waals surface area contributed by atoms with Gasteiger partial charge in [0.25, 0.3) is 17.7 Å². The zero-order chi connectivity index (χ0) is 28.0. The molecule has 7 nitrogen and oxygen atoms in total. The summed E-state index contributed by atoms with van der Waals surface area (Å²) in [5, 5.41) is 1.82. The zero-order valence-electron chi connectivity index (χ0n) is 19.3. The number of hydrogen-bond donors (Lipinski definition) is 0. The van der Waals surface area contributed by atoms with E-state index in [4.69, 9.17) is 27.9 Å². The largest absolute Gasteiger partial charge is 0.497 e. The second-order valence-corrected chi connectivity index (χ2v) is 12.0. The van der Waals surface area contributed by atoms with Gasteiger partial charge in [0.15, 0.2) is 5.78 Å². The number of carbonyl (C=O) groups excluding carboxylic acids is 4. The molecular formula is C25H14Br4Cl2N2O5. The lowest BCUT2D eigenvalue weighted by Gasteiger charge is -2.34. The topological polar surface area (TPSA) is 84.0 Å². The third-order valence-corrected chi connectivity index (χ3v) is 11.3. The van der Waals surface area contributed by atoms with Crippen LogP contribution in [0.1, 0.15) is 48.4 Å². The molecule has 0 bridgehead atoms. The van der Waals surface area contributed by atoms with E-state index in [2.05, 4.69) is 63.7 Å². The molecule has 0 N–H and O–H groups in total. The van der Waals surface area contributed by atoms with Gasteiger partial charge in [-0.3, -0.25) is 19.2 Å². The van der Waals surface area contributed by atoms with Crippen LogP contribution in [0.15, 0.2) is 60.4 Å². The molecule has 1 heterocycles. The highest BCUT2D eigenvalue weighted by Gasteiger charge is 2.48. The minimum absolute atomic E-state index is 0.0193. The molecule has 196 valence electrons. The second kappa shape index (κ2) is 11.4. The summed E-state index contributed by atoms with van der Waals surface area (Å²) in [4.78, 5) is 54.9. The molecule has 0 radical (unpaired) electrons. The lowest BCUT2D eigenvalue weighted by atomic mass is 10.0. The van der Waals surface area contributed by atoms with Crippen LogP contribution < -0.4 is 4.74 Å². The van der Waals surface area contributed by atoms with E-state index in [1.165, 1.54) is 44.4 Å². The summed E-state index contributed by atoms with van der Waals surface area (Å²) in [5.74, 6) is -2.39. The fourth-order valence-electron chi connectivity index (χ4n) is 3.84. The van der Waals surface area contributed by atoms with Crippen LogP contribution in [0.2, 0.25) is 10.0 Å². The molecule has 1 aliphatic rings. The molecule has 0 aromatic heterocycles. The molecule has 0 unspecified atom stereocenters. The quantitative estimate of drug-likeness (QED) is 0.109. The summed E-state index contributed by atoms with van der Waals surface area (Å²) in [6, 6.07) is 9.08. The lowest BCUT2D eigenvalue weighted by Crippen LogP contribution is -2.56. The number of Topliss-reactive ketones (excluding diaryl/α,β-unsaturated/α-hetero) is 1. The highest BCUT2D eigenvalue weighted by atomic mass is 79.9. The van der Waals surface area contributed by atoms with Crippen molar-refractivity contribution in [3.63, 3.8) is 0 Å². The molecule has 3 amide bonds. The van der Waals surface area contributed by atoms with Gasteiger partial charge in [-0.1, -0.05) is 23.2 Å². The Morgan fingerprint density at radius 3 is 1.79 bits per heavy atom. The fraction of sp³-hybridized carbons (Fsp3) is 0.120. The first-order chi connectivity index (χ1) is 17.9. The van der Waals surface area contributed by atoms with Gasteiger partial charge in [-0.25, -0.2) is 5.01 Å². The molecule has 13 heteroatoms. The van der Waals surface area contributed by atoms with Crippen molar-refractivity contribution in [1.82, 2.24) is 10.0 Å². The average Bonchev–Trinajstić information content (AvgIpc) is 3.17. The Bertz CT molecular complexity index is 1480. The van der Waals surface area contributed by atoms with Crippen molar-refractivity contribution in [3.8, 4) is 5.75 Å². The third-order valence-electron chi connectivity index (χ3n) is 5.79. The average molecular weight is 813 g/mol. The SMILES string of the molecule is COc1ccc(C(=O)[C@H](C)N(C(=O)c2ccc(Cl)c(Cl)c2)N2C(=O)c3c(Br)c(Br)c(Br)c(Br)c3C2=O)cc1. The molecular weight excluding hydrogens is 799 g/mol. The van der Waals surface area contributed by atoms with Crippen LogP contribution in [0.5, 0.6) is 5.75 Å². The highest BCUT2D eigenvalue weighted by Crippen LogP contribution is 2.46. The Hall–Kier alpha value is -1.76. The van der Waals surface area contributed by atoms with Crippen molar-refractivity contribution in [2.75, 3.05) is 7.11 Å². The molecule has 0 fully saturated rings. The highest BCUT2D eigenvalue weighted by molar-refractivity contribution is 9.15. The Balaban J connectivity index is 1.87. The van der Waals surface area contributed by atoms with Crippen LogP contribution in [0.4, 0.5) is 0 Å². The number of halogens is 6. The Morgan fingerprint density at radius 2 is 1.32 bits per heavy atom. The number of imide groups is 1. The van der Waals surface area contributed by atoms with Gasteiger partial charge in [-0.05, 0) is 113 Å². The van der Waals surface area contributed by atoms with Crippen LogP contribution in [0.25, 0.3) is 0 Å². The first kappa shape index (κ1) is 29.2. The van der Waals surface area contributed by atoms with Crippen molar-refractivity contribution in [3.05, 3.63) is 92.7 Å². The molecule has 3 aromatic carbocycles. The Labute approximate surface area is 260 Å². The van der Waals surface area contributed by atoms with E-state index >= 15 is 0 Å². The number of carbonyl (C=O) groups is 4. The molecule has 3 aromatic rings. The number of ketones is 1. The molecule has 4 rings (SSSR count). The first-order valence-electron chi connectivity index (χ1n) is 10.6. The summed E-state index contributed by atoms with van der Waals surface area (Å²) >= 11 is 25.7. The van der Waals surface area contributed by atoms with Crippen molar-refractivity contribution >= 4 is 110 Å². The smallest absolute Gasteiger partial charge is 0.282 e. The fourth-order valence-corrected chi connectivity index (χ4v) is 6.60. The summed E-state index contributed by atoms with van der Waals surface area (Å²) in [6.07, 6.45) is 0.